The normalized spacial score (nSPS) is 12.4. The number of anilines is 1. The summed E-state index contributed by atoms with van der Waals surface area (Å²) < 4.78 is 20.3. The maximum Gasteiger partial charge on any atom is 0.338 e. The molecule has 2 aromatic rings. The summed E-state index contributed by atoms with van der Waals surface area (Å²) in [7, 11) is 4.50. The fourth-order valence-corrected chi connectivity index (χ4v) is 3.28. The number of carbonyl (C=O) groups is 4. The minimum atomic E-state index is -0.797. The van der Waals surface area contributed by atoms with Gasteiger partial charge < -0.3 is 24.3 Å². The molecule has 1 aliphatic rings. The summed E-state index contributed by atoms with van der Waals surface area (Å²) in [6, 6.07) is 8.92. The van der Waals surface area contributed by atoms with Crippen LogP contribution in [0.3, 0.4) is 0 Å². The van der Waals surface area contributed by atoms with Gasteiger partial charge in [-0.05, 0) is 24.6 Å². The third-order valence-electron chi connectivity index (χ3n) is 4.91. The van der Waals surface area contributed by atoms with Crippen LogP contribution in [0.25, 0.3) is 0 Å². The molecule has 0 spiro atoms. The molecule has 0 bridgehead atoms. The van der Waals surface area contributed by atoms with Crippen molar-refractivity contribution in [3.05, 3.63) is 53.1 Å². The zero-order valence-electron chi connectivity index (χ0n) is 18.5. The molecule has 0 fully saturated rings. The average Bonchev–Trinajstić information content (AvgIpc) is 3.06. The lowest BCUT2D eigenvalue weighted by molar-refractivity contribution is -0.119. The highest BCUT2D eigenvalue weighted by Gasteiger charge is 2.35. The van der Waals surface area contributed by atoms with E-state index in [4.69, 9.17) is 18.9 Å². The molecule has 3 rings (SSSR count). The van der Waals surface area contributed by atoms with E-state index in [9.17, 15) is 19.2 Å². The quantitative estimate of drug-likeness (QED) is 0.328. The van der Waals surface area contributed by atoms with Gasteiger partial charge in [0.25, 0.3) is 17.7 Å². The molecule has 0 unspecified atom stereocenters. The Hall–Kier alpha value is -3.92. The van der Waals surface area contributed by atoms with Gasteiger partial charge in [-0.1, -0.05) is 0 Å². The number of hydrogen-bond acceptors (Lipinski definition) is 8. The van der Waals surface area contributed by atoms with Crippen molar-refractivity contribution in [2.24, 2.45) is 0 Å². The average molecular weight is 456 g/mol. The first-order valence-electron chi connectivity index (χ1n) is 10.1. The smallest absolute Gasteiger partial charge is 0.338 e. The first kappa shape index (κ1) is 23.7. The Morgan fingerprint density at radius 3 is 2.21 bits per heavy atom. The molecule has 0 atom stereocenters. The van der Waals surface area contributed by atoms with Gasteiger partial charge in [-0.25, -0.2) is 4.79 Å². The predicted octanol–water partition coefficient (Wildman–Crippen LogP) is 2.13. The van der Waals surface area contributed by atoms with Crippen molar-refractivity contribution >= 4 is 29.4 Å². The van der Waals surface area contributed by atoms with Crippen LogP contribution in [0.4, 0.5) is 5.69 Å². The topological polar surface area (TPSA) is 120 Å². The molecule has 0 radical (unpaired) electrons. The van der Waals surface area contributed by atoms with Gasteiger partial charge in [-0.2, -0.15) is 0 Å². The Balaban J connectivity index is 1.61. The van der Waals surface area contributed by atoms with Crippen LogP contribution in [0.2, 0.25) is 0 Å². The molecular formula is C23H24N2O8. The van der Waals surface area contributed by atoms with E-state index in [0.29, 0.717) is 30.2 Å². The number of nitrogens with one attached hydrogen (secondary N) is 1. The third kappa shape index (κ3) is 5.47. The predicted molar refractivity (Wildman–Crippen MR) is 117 cm³/mol. The number of benzene rings is 2. The number of esters is 1. The maximum absolute atomic E-state index is 12.6. The van der Waals surface area contributed by atoms with Crippen LogP contribution >= 0.6 is 0 Å². The molecule has 33 heavy (non-hydrogen) atoms. The molecule has 10 nitrogen and oxygen atoms in total. The summed E-state index contributed by atoms with van der Waals surface area (Å²) in [5.74, 6) is -1.31. The van der Waals surface area contributed by atoms with Gasteiger partial charge >= 0.3 is 5.97 Å². The van der Waals surface area contributed by atoms with Crippen molar-refractivity contribution in [3.8, 4) is 11.5 Å². The summed E-state index contributed by atoms with van der Waals surface area (Å²) in [5.41, 5.74) is 0.811. The summed E-state index contributed by atoms with van der Waals surface area (Å²) in [5, 5.41) is 2.59. The zero-order valence-corrected chi connectivity index (χ0v) is 18.5. The number of hydrogen-bond donors (Lipinski definition) is 1. The summed E-state index contributed by atoms with van der Waals surface area (Å²) in [6.45, 7) is 0.0796. The second-order valence-corrected chi connectivity index (χ2v) is 7.09. The highest BCUT2D eigenvalue weighted by atomic mass is 16.5. The van der Waals surface area contributed by atoms with Gasteiger partial charge in [-0.3, -0.25) is 19.3 Å². The van der Waals surface area contributed by atoms with E-state index in [-0.39, 0.29) is 23.2 Å². The van der Waals surface area contributed by atoms with Gasteiger partial charge in [-0.15, -0.1) is 0 Å². The van der Waals surface area contributed by atoms with Crippen molar-refractivity contribution in [1.82, 2.24) is 4.90 Å². The molecule has 0 saturated carbocycles. The van der Waals surface area contributed by atoms with Crippen molar-refractivity contribution in [3.63, 3.8) is 0 Å². The van der Waals surface area contributed by atoms with Crippen LogP contribution < -0.4 is 14.8 Å². The Morgan fingerprint density at radius 2 is 1.58 bits per heavy atom. The number of rotatable bonds is 10. The molecule has 1 N–H and O–H groups in total. The monoisotopic (exact) mass is 456 g/mol. The van der Waals surface area contributed by atoms with Gasteiger partial charge in [0.15, 0.2) is 6.61 Å². The largest absolute Gasteiger partial charge is 0.497 e. The molecule has 1 heterocycles. The summed E-state index contributed by atoms with van der Waals surface area (Å²) in [4.78, 5) is 50.8. The van der Waals surface area contributed by atoms with E-state index in [0.717, 1.165) is 4.90 Å². The van der Waals surface area contributed by atoms with E-state index in [1.165, 1.54) is 39.5 Å². The number of nitrogens with zero attached hydrogens (tertiary/aromatic N) is 1. The van der Waals surface area contributed by atoms with Crippen LogP contribution in [-0.2, 0) is 14.3 Å². The molecule has 1 aliphatic heterocycles. The molecule has 3 amide bonds. The van der Waals surface area contributed by atoms with Gasteiger partial charge in [0.05, 0.1) is 30.9 Å². The van der Waals surface area contributed by atoms with Crippen molar-refractivity contribution < 1.29 is 38.1 Å². The van der Waals surface area contributed by atoms with Crippen LogP contribution in [0.15, 0.2) is 36.4 Å². The first-order valence-corrected chi connectivity index (χ1v) is 10.1. The number of ether oxygens (including phenoxy) is 4. The lowest BCUT2D eigenvalue weighted by Gasteiger charge is -2.12. The van der Waals surface area contributed by atoms with Crippen molar-refractivity contribution in [1.29, 1.82) is 0 Å². The number of carbonyl (C=O) groups excluding carboxylic acids is 4. The first-order chi connectivity index (χ1) is 15.9. The number of fused-ring (bicyclic) bond motifs is 1. The molecule has 10 heteroatoms. The lowest BCUT2D eigenvalue weighted by atomic mass is 10.1. The van der Waals surface area contributed by atoms with E-state index in [1.807, 2.05) is 0 Å². The third-order valence-corrected chi connectivity index (χ3v) is 4.91. The van der Waals surface area contributed by atoms with Crippen molar-refractivity contribution in [2.75, 3.05) is 46.4 Å². The number of amides is 3. The van der Waals surface area contributed by atoms with E-state index < -0.39 is 30.3 Å². The number of imide groups is 1. The lowest BCUT2D eigenvalue weighted by Crippen LogP contribution is -2.31. The van der Waals surface area contributed by atoms with E-state index >= 15 is 0 Å². The molecule has 0 saturated heterocycles. The van der Waals surface area contributed by atoms with Crippen LogP contribution in [0, 0.1) is 0 Å². The summed E-state index contributed by atoms with van der Waals surface area (Å²) >= 11 is 0. The maximum atomic E-state index is 12.6. The molecule has 2 aromatic carbocycles. The Labute approximate surface area is 190 Å². The highest BCUT2D eigenvalue weighted by Crippen LogP contribution is 2.26. The molecular weight excluding hydrogens is 432 g/mol. The Kier molecular flexibility index (Phi) is 7.62. The zero-order chi connectivity index (χ0) is 24.0. The number of methoxy groups -OCH3 is 3. The minimum absolute atomic E-state index is 0.0597. The molecule has 0 aliphatic carbocycles. The SMILES string of the molecule is COCCCN1C(=O)c2ccc(C(=O)OCC(=O)Nc3cc(OC)cc(OC)c3)cc2C1=O. The fourth-order valence-electron chi connectivity index (χ4n) is 3.28. The molecule has 174 valence electrons. The van der Waals surface area contributed by atoms with Crippen LogP contribution in [-0.4, -0.2) is 69.7 Å². The minimum Gasteiger partial charge on any atom is -0.497 e. The fraction of sp³-hybridized carbons (Fsp3) is 0.304. The summed E-state index contributed by atoms with van der Waals surface area (Å²) in [6.07, 6.45) is 0.505. The highest BCUT2D eigenvalue weighted by molar-refractivity contribution is 6.22. The van der Waals surface area contributed by atoms with Crippen LogP contribution in [0.5, 0.6) is 11.5 Å². The standard InChI is InChI=1S/C23H24N2O8/c1-30-8-4-7-25-21(27)18-6-5-14(9-19(18)22(25)28)23(29)33-13-20(26)24-15-10-16(31-2)12-17(11-15)32-3/h5-6,9-12H,4,7-8,13H2,1-3H3,(H,24,26). The van der Waals surface area contributed by atoms with Gasteiger partial charge in [0.1, 0.15) is 11.5 Å². The van der Waals surface area contributed by atoms with Crippen molar-refractivity contribution in [2.45, 2.75) is 6.42 Å². The molecule has 0 aromatic heterocycles. The van der Waals surface area contributed by atoms with Gasteiger partial charge in [0, 0.05) is 44.1 Å². The Bertz CT molecular complexity index is 1060. The second kappa shape index (κ2) is 10.6. The van der Waals surface area contributed by atoms with Gasteiger partial charge in [0.2, 0.25) is 0 Å². The van der Waals surface area contributed by atoms with Crippen LogP contribution in [0.1, 0.15) is 37.5 Å². The van der Waals surface area contributed by atoms with E-state index in [1.54, 1.807) is 18.2 Å². The van der Waals surface area contributed by atoms with E-state index in [2.05, 4.69) is 5.32 Å². The Morgan fingerprint density at radius 1 is 0.909 bits per heavy atom. The second-order valence-electron chi connectivity index (χ2n) is 7.09.